The van der Waals surface area contributed by atoms with Crippen molar-refractivity contribution in [2.24, 2.45) is 5.92 Å². The quantitative estimate of drug-likeness (QED) is 0.671. The van der Waals surface area contributed by atoms with Crippen LogP contribution in [0.5, 0.6) is 0 Å². The van der Waals surface area contributed by atoms with Crippen molar-refractivity contribution < 1.29 is 4.79 Å². The summed E-state index contributed by atoms with van der Waals surface area (Å²) in [4.78, 5) is 11.8. The molecule has 1 N–H and O–H groups in total. The molecule has 0 radical (unpaired) electrons. The Kier molecular flexibility index (Phi) is 6.82. The predicted octanol–water partition coefficient (Wildman–Crippen LogP) is 3.16. The number of hydrogen-bond acceptors (Lipinski definition) is 2. The molecule has 0 atom stereocenters. The molecule has 15 heavy (non-hydrogen) atoms. The first-order chi connectivity index (χ1) is 7.02. The van der Waals surface area contributed by atoms with Crippen molar-refractivity contribution >= 4 is 5.78 Å². The van der Waals surface area contributed by atoms with Crippen molar-refractivity contribution in [1.82, 2.24) is 5.32 Å². The summed E-state index contributed by atoms with van der Waals surface area (Å²) in [6.45, 7) is 11.2. The van der Waals surface area contributed by atoms with Crippen LogP contribution in [0.1, 0.15) is 60.3 Å². The molecule has 0 amide bonds. The summed E-state index contributed by atoms with van der Waals surface area (Å²) < 4.78 is 0. The van der Waals surface area contributed by atoms with Gasteiger partial charge in [0.2, 0.25) is 0 Å². The van der Waals surface area contributed by atoms with E-state index in [0.29, 0.717) is 12.3 Å². The second kappa shape index (κ2) is 7.00. The van der Waals surface area contributed by atoms with Gasteiger partial charge in [0.25, 0.3) is 0 Å². The summed E-state index contributed by atoms with van der Waals surface area (Å²) in [5.74, 6) is 0.614. The molecule has 0 unspecified atom stereocenters. The Morgan fingerprint density at radius 1 is 1.13 bits per heavy atom. The second-order valence-corrected chi connectivity index (χ2v) is 4.60. The van der Waals surface area contributed by atoms with Crippen LogP contribution >= 0.6 is 0 Å². The molecule has 0 fully saturated rings. The minimum Gasteiger partial charge on any atom is -0.305 e. The summed E-state index contributed by atoms with van der Waals surface area (Å²) in [6, 6.07) is 0. The first kappa shape index (κ1) is 14.6. The lowest BCUT2D eigenvalue weighted by Gasteiger charge is -2.28. The van der Waals surface area contributed by atoms with Gasteiger partial charge in [-0.05, 0) is 32.6 Å². The van der Waals surface area contributed by atoms with Crippen LogP contribution in [0.3, 0.4) is 0 Å². The van der Waals surface area contributed by atoms with Gasteiger partial charge in [0.05, 0.1) is 6.54 Å². The Morgan fingerprint density at radius 2 is 1.60 bits per heavy atom. The van der Waals surface area contributed by atoms with Crippen LogP contribution in [0.25, 0.3) is 0 Å². The third kappa shape index (κ3) is 4.78. The SMILES string of the molecule is CCC(CC)C(=O)CNC(C)(CC)CC. The van der Waals surface area contributed by atoms with Gasteiger partial charge in [-0.1, -0.05) is 27.7 Å². The molecule has 0 aliphatic carbocycles. The molecule has 0 bridgehead atoms. The Morgan fingerprint density at radius 3 is 1.93 bits per heavy atom. The topological polar surface area (TPSA) is 29.1 Å². The van der Waals surface area contributed by atoms with E-state index in [2.05, 4.69) is 39.9 Å². The fourth-order valence-corrected chi connectivity index (χ4v) is 1.69. The van der Waals surface area contributed by atoms with Gasteiger partial charge < -0.3 is 5.32 Å². The average Bonchev–Trinajstić information content (AvgIpc) is 2.27. The molecule has 2 nitrogen and oxygen atoms in total. The Balaban J connectivity index is 4.08. The number of rotatable bonds is 8. The molecule has 0 aliphatic heterocycles. The van der Waals surface area contributed by atoms with Crippen LogP contribution in [-0.4, -0.2) is 17.9 Å². The van der Waals surface area contributed by atoms with Crippen molar-refractivity contribution in [3.05, 3.63) is 0 Å². The van der Waals surface area contributed by atoms with E-state index in [1.807, 2.05) is 0 Å². The molecule has 0 aromatic rings. The third-order valence-electron chi connectivity index (χ3n) is 3.69. The fourth-order valence-electron chi connectivity index (χ4n) is 1.69. The molecule has 0 saturated carbocycles. The Bertz CT molecular complexity index is 181. The second-order valence-electron chi connectivity index (χ2n) is 4.60. The molecule has 0 spiro atoms. The summed E-state index contributed by atoms with van der Waals surface area (Å²) in [5.41, 5.74) is 0.127. The van der Waals surface area contributed by atoms with Crippen molar-refractivity contribution in [1.29, 1.82) is 0 Å². The van der Waals surface area contributed by atoms with E-state index in [1.54, 1.807) is 0 Å². The minimum atomic E-state index is 0.127. The van der Waals surface area contributed by atoms with Gasteiger partial charge in [-0.25, -0.2) is 0 Å². The molecule has 0 rings (SSSR count). The largest absolute Gasteiger partial charge is 0.305 e. The maximum absolute atomic E-state index is 11.8. The number of hydrogen-bond donors (Lipinski definition) is 1. The molecule has 0 heterocycles. The van der Waals surface area contributed by atoms with Crippen molar-refractivity contribution in [3.8, 4) is 0 Å². The molecular formula is C13H27NO. The van der Waals surface area contributed by atoms with E-state index < -0.39 is 0 Å². The highest BCUT2D eigenvalue weighted by molar-refractivity contribution is 5.82. The van der Waals surface area contributed by atoms with Gasteiger partial charge in [0, 0.05) is 11.5 Å². The normalized spacial score (nSPS) is 12.1. The highest BCUT2D eigenvalue weighted by Crippen LogP contribution is 2.14. The molecule has 0 aromatic heterocycles. The van der Waals surface area contributed by atoms with Crippen molar-refractivity contribution in [3.63, 3.8) is 0 Å². The number of carbonyl (C=O) groups is 1. The van der Waals surface area contributed by atoms with E-state index in [9.17, 15) is 4.79 Å². The van der Waals surface area contributed by atoms with E-state index in [0.717, 1.165) is 25.7 Å². The standard InChI is InChI=1S/C13H27NO/c1-6-11(7-2)12(15)10-14-13(5,8-3)9-4/h11,14H,6-10H2,1-5H3. The van der Waals surface area contributed by atoms with Crippen LogP contribution in [0.15, 0.2) is 0 Å². The number of nitrogens with one attached hydrogen (secondary N) is 1. The van der Waals surface area contributed by atoms with Crippen molar-refractivity contribution in [2.45, 2.75) is 65.8 Å². The molecule has 90 valence electrons. The van der Waals surface area contributed by atoms with Crippen LogP contribution in [0.4, 0.5) is 0 Å². The number of Topliss-reactive ketones (excluding diaryl/α,β-unsaturated/α-hetero) is 1. The number of ketones is 1. The summed E-state index contributed by atoms with van der Waals surface area (Å²) in [6.07, 6.45) is 4.07. The zero-order chi connectivity index (χ0) is 11.9. The summed E-state index contributed by atoms with van der Waals surface area (Å²) in [5, 5.41) is 3.39. The predicted molar refractivity (Wildman–Crippen MR) is 66.1 cm³/mol. The monoisotopic (exact) mass is 213 g/mol. The zero-order valence-electron chi connectivity index (χ0n) is 11.0. The lowest BCUT2D eigenvalue weighted by Crippen LogP contribution is -2.44. The van der Waals surface area contributed by atoms with E-state index in [1.165, 1.54) is 0 Å². The van der Waals surface area contributed by atoms with E-state index in [-0.39, 0.29) is 11.5 Å². The highest BCUT2D eigenvalue weighted by atomic mass is 16.1. The average molecular weight is 213 g/mol. The van der Waals surface area contributed by atoms with Gasteiger partial charge in [0.1, 0.15) is 5.78 Å². The van der Waals surface area contributed by atoms with E-state index in [4.69, 9.17) is 0 Å². The summed E-state index contributed by atoms with van der Waals surface area (Å²) in [7, 11) is 0. The van der Waals surface area contributed by atoms with Gasteiger partial charge in [-0.3, -0.25) is 4.79 Å². The van der Waals surface area contributed by atoms with Crippen LogP contribution < -0.4 is 5.32 Å². The van der Waals surface area contributed by atoms with E-state index >= 15 is 0 Å². The van der Waals surface area contributed by atoms with Crippen LogP contribution in [-0.2, 0) is 4.79 Å². The Hall–Kier alpha value is -0.370. The van der Waals surface area contributed by atoms with Gasteiger partial charge in [0.15, 0.2) is 0 Å². The lowest BCUT2D eigenvalue weighted by molar-refractivity contribution is -0.122. The fraction of sp³-hybridized carbons (Fsp3) is 0.923. The van der Waals surface area contributed by atoms with Gasteiger partial charge in [-0.2, -0.15) is 0 Å². The Labute approximate surface area is 94.8 Å². The zero-order valence-corrected chi connectivity index (χ0v) is 11.0. The van der Waals surface area contributed by atoms with Crippen molar-refractivity contribution in [2.75, 3.05) is 6.54 Å². The van der Waals surface area contributed by atoms with Gasteiger partial charge in [-0.15, -0.1) is 0 Å². The lowest BCUT2D eigenvalue weighted by atomic mass is 9.93. The smallest absolute Gasteiger partial charge is 0.149 e. The molecule has 0 saturated heterocycles. The third-order valence-corrected chi connectivity index (χ3v) is 3.69. The first-order valence-corrected chi connectivity index (χ1v) is 6.30. The number of carbonyl (C=O) groups excluding carboxylic acids is 1. The maximum atomic E-state index is 11.8. The molecule has 0 aliphatic rings. The maximum Gasteiger partial charge on any atom is 0.149 e. The molecular weight excluding hydrogens is 186 g/mol. The molecule has 0 aromatic carbocycles. The minimum absolute atomic E-state index is 0.127. The van der Waals surface area contributed by atoms with Gasteiger partial charge >= 0.3 is 0 Å². The highest BCUT2D eigenvalue weighted by Gasteiger charge is 2.21. The van der Waals surface area contributed by atoms with Crippen LogP contribution in [0.2, 0.25) is 0 Å². The molecule has 2 heteroatoms. The summed E-state index contributed by atoms with van der Waals surface area (Å²) >= 11 is 0. The van der Waals surface area contributed by atoms with Crippen LogP contribution in [0, 0.1) is 5.92 Å². The first-order valence-electron chi connectivity index (χ1n) is 6.30.